The van der Waals surface area contributed by atoms with Gasteiger partial charge in [0, 0.05) is 31.9 Å². The van der Waals surface area contributed by atoms with Crippen molar-refractivity contribution in [3.05, 3.63) is 46.8 Å². The summed E-state index contributed by atoms with van der Waals surface area (Å²) in [7, 11) is -3.41. The molecule has 1 saturated heterocycles. The third-order valence-electron chi connectivity index (χ3n) is 7.23. The van der Waals surface area contributed by atoms with Crippen LogP contribution in [-0.4, -0.2) is 62.2 Å². The predicted molar refractivity (Wildman–Crippen MR) is 134 cm³/mol. The maximum absolute atomic E-state index is 13.0. The van der Waals surface area contributed by atoms with Crippen molar-refractivity contribution < 1.29 is 27.5 Å². The zero-order valence-electron chi connectivity index (χ0n) is 21.2. The van der Waals surface area contributed by atoms with E-state index in [-0.39, 0.29) is 40.1 Å². The Morgan fingerprint density at radius 2 is 2.03 bits per heavy atom. The molecule has 4 rings (SSSR count). The van der Waals surface area contributed by atoms with Crippen LogP contribution in [0.15, 0.2) is 29.2 Å². The van der Waals surface area contributed by atoms with E-state index in [1.807, 2.05) is 13.8 Å². The molecular formula is C26H35N3O6S. The third-order valence-corrected chi connectivity index (χ3v) is 8.96. The van der Waals surface area contributed by atoms with Crippen LogP contribution in [0.2, 0.25) is 0 Å². The predicted octanol–water partition coefficient (Wildman–Crippen LogP) is 2.81. The van der Waals surface area contributed by atoms with Gasteiger partial charge in [-0.15, -0.1) is 0 Å². The van der Waals surface area contributed by atoms with Gasteiger partial charge in [-0.3, -0.25) is 9.48 Å². The topological polar surface area (TPSA) is 117 Å². The number of hydrogen-bond donors (Lipinski definition) is 1. The van der Waals surface area contributed by atoms with Gasteiger partial charge in [-0.05, 0) is 62.1 Å². The molecule has 0 radical (unpaired) electrons. The fourth-order valence-electron chi connectivity index (χ4n) is 5.00. The molecule has 1 spiro atoms. The fraction of sp³-hybridized carbons (Fsp3) is 0.577. The summed E-state index contributed by atoms with van der Waals surface area (Å²) in [5.74, 6) is -0.731. The van der Waals surface area contributed by atoms with Crippen LogP contribution < -0.4 is 5.32 Å². The highest BCUT2D eigenvalue weighted by molar-refractivity contribution is 7.91. The number of carbonyl (C=O) groups is 2. The molecule has 1 aromatic heterocycles. The number of aryl methyl sites for hydroxylation is 1. The second-order valence-corrected chi connectivity index (χ2v) is 12.2. The number of ether oxygens (including phenoxy) is 2. The highest BCUT2D eigenvalue weighted by atomic mass is 32.2. The zero-order chi connectivity index (χ0) is 25.9. The summed E-state index contributed by atoms with van der Waals surface area (Å²) in [4.78, 5) is 25.7. The molecule has 0 bridgehead atoms. The summed E-state index contributed by atoms with van der Waals surface area (Å²) >= 11 is 0. The largest absolute Gasteiger partial charge is 0.462 e. The molecule has 36 heavy (non-hydrogen) atoms. The molecule has 1 aromatic carbocycles. The van der Waals surface area contributed by atoms with Crippen molar-refractivity contribution in [3.63, 3.8) is 0 Å². The second kappa shape index (κ2) is 10.7. The summed E-state index contributed by atoms with van der Waals surface area (Å²) < 4.78 is 37.2. The van der Waals surface area contributed by atoms with Crippen LogP contribution in [0.1, 0.15) is 65.7 Å². The third kappa shape index (κ3) is 5.49. The maximum Gasteiger partial charge on any atom is 0.338 e. The van der Waals surface area contributed by atoms with Gasteiger partial charge in [-0.2, -0.15) is 5.10 Å². The Bertz CT molecular complexity index is 1230. The van der Waals surface area contributed by atoms with Crippen LogP contribution >= 0.6 is 0 Å². The number of carbonyl (C=O) groups excluding carboxylic acids is 2. The lowest BCUT2D eigenvalue weighted by atomic mass is 9.75. The van der Waals surface area contributed by atoms with Crippen LogP contribution in [0.25, 0.3) is 0 Å². The van der Waals surface area contributed by atoms with Gasteiger partial charge in [0.1, 0.15) is 5.69 Å². The summed E-state index contributed by atoms with van der Waals surface area (Å²) in [6.45, 7) is 8.27. The monoisotopic (exact) mass is 517 g/mol. The minimum absolute atomic E-state index is 0.0327. The average molecular weight is 518 g/mol. The Morgan fingerprint density at radius 3 is 2.72 bits per heavy atom. The lowest BCUT2D eigenvalue weighted by Crippen LogP contribution is -2.40. The van der Waals surface area contributed by atoms with E-state index in [0.29, 0.717) is 38.4 Å². The summed E-state index contributed by atoms with van der Waals surface area (Å²) in [6, 6.07) is 5.94. The van der Waals surface area contributed by atoms with Crippen molar-refractivity contribution in [2.24, 2.45) is 11.3 Å². The van der Waals surface area contributed by atoms with Crippen molar-refractivity contribution >= 4 is 21.7 Å². The number of aromatic nitrogens is 2. The molecule has 196 valence electrons. The molecule has 0 unspecified atom stereocenters. The second-order valence-electron chi connectivity index (χ2n) is 9.90. The van der Waals surface area contributed by atoms with Crippen LogP contribution in [0.4, 0.5) is 0 Å². The number of esters is 1. The number of amides is 1. The van der Waals surface area contributed by atoms with E-state index in [1.54, 1.807) is 23.7 Å². The highest BCUT2D eigenvalue weighted by Crippen LogP contribution is 2.38. The molecule has 1 N–H and O–H groups in total. The zero-order valence-corrected chi connectivity index (χ0v) is 22.0. The van der Waals surface area contributed by atoms with Gasteiger partial charge in [0.25, 0.3) is 5.91 Å². The first-order valence-corrected chi connectivity index (χ1v) is 14.3. The van der Waals surface area contributed by atoms with Crippen LogP contribution in [0.3, 0.4) is 0 Å². The number of nitrogens with one attached hydrogen (secondary N) is 1. The lowest BCUT2D eigenvalue weighted by Gasteiger charge is -2.36. The maximum atomic E-state index is 13.0. The fourth-order valence-corrected chi connectivity index (χ4v) is 5.93. The highest BCUT2D eigenvalue weighted by Gasteiger charge is 2.39. The van der Waals surface area contributed by atoms with Crippen molar-refractivity contribution in [3.8, 4) is 0 Å². The standard InChI is InChI=1S/C26H35N3O6S/c1-4-29-23-21(15-26(17-27-24(23)30)9-11-34-12-10-26)22(28-29)13-18(3)16-35-25(31)19-7-6-8-20(14-19)36(32,33)5-2/h6-8,14,18H,4-5,9-13,15-17H2,1-3H3,(H,27,30)/t18-/m1/s1. The average Bonchev–Trinajstić information content (AvgIpc) is 3.15. The molecule has 2 aliphatic heterocycles. The summed E-state index contributed by atoms with van der Waals surface area (Å²) in [5, 5.41) is 7.88. The quantitative estimate of drug-likeness (QED) is 0.535. The van der Waals surface area contributed by atoms with Crippen molar-refractivity contribution in [1.82, 2.24) is 15.1 Å². The number of hydrogen-bond acceptors (Lipinski definition) is 7. The van der Waals surface area contributed by atoms with Gasteiger partial charge in [0.15, 0.2) is 9.84 Å². The Balaban J connectivity index is 1.48. The number of fused-ring (bicyclic) bond motifs is 1. The van der Waals surface area contributed by atoms with Crippen LogP contribution in [0, 0.1) is 11.3 Å². The van der Waals surface area contributed by atoms with Gasteiger partial charge < -0.3 is 14.8 Å². The molecule has 1 amide bonds. The van der Waals surface area contributed by atoms with Gasteiger partial charge in [-0.25, -0.2) is 13.2 Å². The van der Waals surface area contributed by atoms with Crippen molar-refractivity contribution in [2.45, 2.75) is 57.9 Å². The normalized spacial score (nSPS) is 18.2. The Labute approximate surface area is 212 Å². The summed E-state index contributed by atoms with van der Waals surface area (Å²) in [6.07, 6.45) is 3.12. The van der Waals surface area contributed by atoms with E-state index in [9.17, 15) is 18.0 Å². The minimum Gasteiger partial charge on any atom is -0.462 e. The first-order valence-electron chi connectivity index (χ1n) is 12.6. The van der Waals surface area contributed by atoms with Crippen molar-refractivity contribution in [1.29, 1.82) is 0 Å². The number of benzene rings is 1. The molecule has 9 nitrogen and oxygen atoms in total. The Morgan fingerprint density at radius 1 is 1.28 bits per heavy atom. The van der Waals surface area contributed by atoms with Crippen LogP contribution in [0.5, 0.6) is 0 Å². The first kappa shape index (κ1) is 26.3. The first-order chi connectivity index (χ1) is 17.2. The molecule has 2 aliphatic rings. The van der Waals surface area contributed by atoms with E-state index in [4.69, 9.17) is 14.6 Å². The van der Waals surface area contributed by atoms with E-state index in [2.05, 4.69) is 5.32 Å². The van der Waals surface area contributed by atoms with Gasteiger partial charge in [0.05, 0.1) is 28.5 Å². The minimum atomic E-state index is -3.41. The number of sulfone groups is 1. The SMILES string of the molecule is CCn1nc(C[C@@H](C)COC(=O)c2cccc(S(=O)(=O)CC)c2)c2c1C(=O)NCC1(CCOCC1)C2. The van der Waals surface area contributed by atoms with E-state index in [1.165, 1.54) is 12.1 Å². The molecule has 2 aromatic rings. The summed E-state index contributed by atoms with van der Waals surface area (Å²) in [5.41, 5.74) is 2.67. The molecular weight excluding hydrogens is 482 g/mol. The van der Waals surface area contributed by atoms with Crippen molar-refractivity contribution in [2.75, 3.05) is 32.1 Å². The van der Waals surface area contributed by atoms with Crippen LogP contribution in [-0.2, 0) is 38.7 Å². The molecule has 0 aliphatic carbocycles. The molecule has 3 heterocycles. The number of rotatable bonds is 8. The Hall–Kier alpha value is -2.72. The molecule has 1 atom stereocenters. The van der Waals surface area contributed by atoms with Gasteiger partial charge >= 0.3 is 5.97 Å². The smallest absolute Gasteiger partial charge is 0.338 e. The lowest BCUT2D eigenvalue weighted by molar-refractivity contribution is 0.0160. The van der Waals surface area contributed by atoms with Gasteiger partial charge in [-0.1, -0.05) is 19.9 Å². The Kier molecular flexibility index (Phi) is 7.85. The molecule has 10 heteroatoms. The van der Waals surface area contributed by atoms with Gasteiger partial charge in [0.2, 0.25) is 0 Å². The molecule has 1 fully saturated rings. The molecule has 0 saturated carbocycles. The number of nitrogens with zero attached hydrogens (tertiary/aromatic N) is 2. The van der Waals surface area contributed by atoms with E-state index < -0.39 is 15.8 Å². The van der Waals surface area contributed by atoms with E-state index in [0.717, 1.165) is 30.5 Å². The van der Waals surface area contributed by atoms with E-state index >= 15 is 0 Å².